The third-order valence-corrected chi connectivity index (χ3v) is 6.32. The average Bonchev–Trinajstić information content (AvgIpc) is 3.55. The van der Waals surface area contributed by atoms with Gasteiger partial charge in [0.05, 0.1) is 6.61 Å². The van der Waals surface area contributed by atoms with E-state index in [-0.39, 0.29) is 24.2 Å². The predicted molar refractivity (Wildman–Crippen MR) is 144 cm³/mol. The minimum absolute atomic E-state index is 0. The number of ether oxygens (including phenoxy) is 1. The molecule has 2 amide bonds. The fourth-order valence-corrected chi connectivity index (χ4v) is 4.47. The Bertz CT molecular complexity index is 1310. The van der Waals surface area contributed by atoms with Gasteiger partial charge in [0.25, 0.3) is 5.91 Å². The quantitative estimate of drug-likeness (QED) is 0.452. The Balaban J connectivity index is 0.000000246. The topological polar surface area (TPSA) is 136 Å². The van der Waals surface area contributed by atoms with E-state index in [2.05, 4.69) is 0 Å². The predicted octanol–water partition coefficient (Wildman–Crippen LogP) is 3.51. The van der Waals surface area contributed by atoms with Gasteiger partial charge >= 0.3 is 5.97 Å². The number of aliphatic carboxylic acids is 1. The molecule has 0 saturated carbocycles. The van der Waals surface area contributed by atoms with E-state index < -0.39 is 12.5 Å². The first-order valence-corrected chi connectivity index (χ1v) is 11.9. The molecular weight excluding hydrogens is 494 g/mol. The SMILES string of the molecule is Cl.NC(=O)c1ccc2c(c1)CCC2.NCc1cccc(C(=O)N(CC(=O)O)c2ccc3c(c2)CCO3)c1. The van der Waals surface area contributed by atoms with E-state index in [1.165, 1.54) is 22.4 Å². The summed E-state index contributed by atoms with van der Waals surface area (Å²) in [7, 11) is 0. The van der Waals surface area contributed by atoms with Gasteiger partial charge in [-0.15, -0.1) is 12.4 Å². The molecule has 0 fully saturated rings. The number of carboxylic acid groups (broad SMARTS) is 1. The Morgan fingerprint density at radius 3 is 2.41 bits per heavy atom. The van der Waals surface area contributed by atoms with Crippen molar-refractivity contribution in [3.05, 3.63) is 94.0 Å². The Morgan fingerprint density at radius 1 is 0.892 bits per heavy atom. The molecule has 0 aromatic heterocycles. The summed E-state index contributed by atoms with van der Waals surface area (Å²) in [6.07, 6.45) is 4.20. The molecule has 0 bridgehead atoms. The van der Waals surface area contributed by atoms with Crippen molar-refractivity contribution in [2.24, 2.45) is 11.5 Å². The molecule has 5 N–H and O–H groups in total. The number of primary amides is 1. The van der Waals surface area contributed by atoms with Crippen molar-refractivity contribution in [2.45, 2.75) is 32.2 Å². The van der Waals surface area contributed by atoms with E-state index in [0.717, 1.165) is 36.1 Å². The molecule has 8 nitrogen and oxygen atoms in total. The smallest absolute Gasteiger partial charge is 0.323 e. The monoisotopic (exact) mass is 523 g/mol. The summed E-state index contributed by atoms with van der Waals surface area (Å²) < 4.78 is 5.46. The zero-order chi connectivity index (χ0) is 25.7. The Morgan fingerprint density at radius 2 is 1.68 bits per heavy atom. The molecule has 1 aliphatic carbocycles. The van der Waals surface area contributed by atoms with E-state index >= 15 is 0 Å². The van der Waals surface area contributed by atoms with Gasteiger partial charge in [0.15, 0.2) is 0 Å². The van der Waals surface area contributed by atoms with Crippen molar-refractivity contribution in [2.75, 3.05) is 18.1 Å². The molecule has 1 aliphatic heterocycles. The number of hydrogen-bond donors (Lipinski definition) is 3. The summed E-state index contributed by atoms with van der Waals surface area (Å²) in [6.45, 7) is 0.506. The van der Waals surface area contributed by atoms with E-state index in [1.54, 1.807) is 30.3 Å². The number of nitrogens with two attached hydrogens (primary N) is 2. The number of carbonyl (C=O) groups excluding carboxylic acids is 2. The van der Waals surface area contributed by atoms with Gasteiger partial charge < -0.3 is 21.3 Å². The number of fused-ring (bicyclic) bond motifs is 2. The van der Waals surface area contributed by atoms with Crippen LogP contribution in [-0.4, -0.2) is 36.0 Å². The highest BCUT2D eigenvalue weighted by molar-refractivity contribution is 6.08. The van der Waals surface area contributed by atoms with E-state index in [9.17, 15) is 19.5 Å². The molecule has 0 radical (unpaired) electrons. The van der Waals surface area contributed by atoms with Gasteiger partial charge in [0.2, 0.25) is 5.91 Å². The largest absolute Gasteiger partial charge is 0.493 e. The van der Waals surface area contributed by atoms with Crippen LogP contribution in [0.15, 0.2) is 60.7 Å². The third-order valence-electron chi connectivity index (χ3n) is 6.32. The minimum atomic E-state index is -1.07. The van der Waals surface area contributed by atoms with Crippen molar-refractivity contribution in [3.8, 4) is 5.75 Å². The summed E-state index contributed by atoms with van der Waals surface area (Å²) in [6, 6.07) is 18.0. The van der Waals surface area contributed by atoms with Crippen molar-refractivity contribution in [3.63, 3.8) is 0 Å². The summed E-state index contributed by atoms with van der Waals surface area (Å²) in [5, 5.41) is 9.20. The summed E-state index contributed by atoms with van der Waals surface area (Å²) in [5.74, 6) is -0.988. The lowest BCUT2D eigenvalue weighted by molar-refractivity contribution is -0.135. The second-order valence-electron chi connectivity index (χ2n) is 8.78. The Hall–Kier alpha value is -3.88. The van der Waals surface area contributed by atoms with Gasteiger partial charge in [-0.05, 0) is 84.0 Å². The maximum atomic E-state index is 12.8. The van der Waals surface area contributed by atoms with Crippen molar-refractivity contribution in [1.82, 2.24) is 0 Å². The summed E-state index contributed by atoms with van der Waals surface area (Å²) in [4.78, 5) is 36.2. The fraction of sp³-hybridized carbons (Fsp3) is 0.250. The molecule has 3 aromatic carbocycles. The van der Waals surface area contributed by atoms with Crippen LogP contribution in [0.1, 0.15) is 49.4 Å². The molecule has 0 spiro atoms. The van der Waals surface area contributed by atoms with Crippen LogP contribution in [0.25, 0.3) is 0 Å². The fourth-order valence-electron chi connectivity index (χ4n) is 4.47. The lowest BCUT2D eigenvalue weighted by Crippen LogP contribution is -2.35. The lowest BCUT2D eigenvalue weighted by Gasteiger charge is -2.22. The number of anilines is 1. The van der Waals surface area contributed by atoms with Crippen LogP contribution in [0.5, 0.6) is 5.75 Å². The summed E-state index contributed by atoms with van der Waals surface area (Å²) >= 11 is 0. The maximum absolute atomic E-state index is 12.8. The normalized spacial score (nSPS) is 12.7. The van der Waals surface area contributed by atoms with E-state index in [4.69, 9.17) is 16.2 Å². The molecule has 1 heterocycles. The van der Waals surface area contributed by atoms with Crippen molar-refractivity contribution in [1.29, 1.82) is 0 Å². The van der Waals surface area contributed by atoms with Gasteiger partial charge in [-0.3, -0.25) is 19.3 Å². The molecule has 3 aromatic rings. The van der Waals surface area contributed by atoms with Crippen LogP contribution in [0.3, 0.4) is 0 Å². The number of hydrogen-bond acceptors (Lipinski definition) is 5. The van der Waals surface area contributed by atoms with Crippen LogP contribution < -0.4 is 21.1 Å². The molecule has 0 atom stereocenters. The standard InChI is InChI=1S/C18H18N2O4.C10H11NO.ClH/c19-10-12-2-1-3-14(8-12)18(23)20(11-17(21)22)15-4-5-16-13(9-15)6-7-24-16;11-10(12)9-5-4-7-2-1-3-8(7)6-9;/h1-5,8-9H,6-7,10-11,19H2,(H,21,22);4-6H,1-3H2,(H2,11,12);1H. The first-order valence-electron chi connectivity index (χ1n) is 11.9. The second-order valence-corrected chi connectivity index (χ2v) is 8.78. The number of carbonyl (C=O) groups is 3. The number of aryl methyl sites for hydroxylation is 2. The van der Waals surface area contributed by atoms with Gasteiger partial charge in [0, 0.05) is 29.8 Å². The number of nitrogens with zero attached hydrogens (tertiary/aromatic N) is 1. The van der Waals surface area contributed by atoms with E-state index in [1.807, 2.05) is 30.3 Å². The first-order chi connectivity index (χ1) is 17.4. The molecule has 194 valence electrons. The maximum Gasteiger partial charge on any atom is 0.323 e. The van der Waals surface area contributed by atoms with Crippen LogP contribution in [-0.2, 0) is 30.6 Å². The zero-order valence-corrected chi connectivity index (χ0v) is 21.1. The van der Waals surface area contributed by atoms with Gasteiger partial charge in [-0.2, -0.15) is 0 Å². The zero-order valence-electron chi connectivity index (χ0n) is 20.3. The molecule has 0 unspecified atom stereocenters. The molecule has 5 rings (SSSR count). The minimum Gasteiger partial charge on any atom is -0.493 e. The van der Waals surface area contributed by atoms with Gasteiger partial charge in [0.1, 0.15) is 12.3 Å². The van der Waals surface area contributed by atoms with Crippen molar-refractivity contribution < 1.29 is 24.2 Å². The van der Waals surface area contributed by atoms with Crippen LogP contribution >= 0.6 is 12.4 Å². The highest BCUT2D eigenvalue weighted by atomic mass is 35.5. The molecule has 9 heteroatoms. The van der Waals surface area contributed by atoms with E-state index in [0.29, 0.717) is 30.0 Å². The van der Waals surface area contributed by atoms with Crippen LogP contribution in [0.2, 0.25) is 0 Å². The number of benzene rings is 3. The number of amides is 2. The number of halogens is 1. The van der Waals surface area contributed by atoms with Gasteiger partial charge in [-0.25, -0.2) is 0 Å². The van der Waals surface area contributed by atoms with Crippen LogP contribution in [0.4, 0.5) is 5.69 Å². The molecule has 0 saturated heterocycles. The highest BCUT2D eigenvalue weighted by Gasteiger charge is 2.23. The first kappa shape index (κ1) is 27.7. The summed E-state index contributed by atoms with van der Waals surface area (Å²) in [5.41, 5.74) is 16.8. The van der Waals surface area contributed by atoms with Crippen molar-refractivity contribution >= 4 is 35.9 Å². The number of carboxylic acids is 1. The lowest BCUT2D eigenvalue weighted by atomic mass is 10.1. The highest BCUT2D eigenvalue weighted by Crippen LogP contribution is 2.30. The molecule has 37 heavy (non-hydrogen) atoms. The molecule has 2 aliphatic rings. The second kappa shape index (κ2) is 12.4. The van der Waals surface area contributed by atoms with Gasteiger partial charge in [-0.1, -0.05) is 18.2 Å². The number of rotatable bonds is 6. The Labute approximate surface area is 221 Å². The Kier molecular flexibility index (Phi) is 9.27. The van der Waals surface area contributed by atoms with Crippen LogP contribution in [0, 0.1) is 0 Å². The molecular formula is C28H30ClN3O5. The third kappa shape index (κ3) is 6.67. The average molecular weight is 524 g/mol.